The van der Waals surface area contributed by atoms with Crippen LogP contribution in [0.15, 0.2) is 58.6 Å². The minimum absolute atomic E-state index is 0.384. The van der Waals surface area contributed by atoms with E-state index in [4.69, 9.17) is 14.2 Å². The van der Waals surface area contributed by atoms with Gasteiger partial charge in [-0.15, -0.1) is 0 Å². The first-order chi connectivity index (χ1) is 11.6. The maximum Gasteiger partial charge on any atom is 0.343 e. The number of carbonyl (C=O) groups is 1. The Labute approximate surface area is 148 Å². The highest BCUT2D eigenvalue weighted by Gasteiger charge is 2.22. The Hall–Kier alpha value is -2.53. The van der Waals surface area contributed by atoms with Crippen molar-refractivity contribution in [3.05, 3.63) is 69.7 Å². The molecule has 3 rings (SSSR count). The predicted octanol–water partition coefficient (Wildman–Crippen LogP) is 4.45. The van der Waals surface area contributed by atoms with E-state index in [0.29, 0.717) is 22.8 Å². The summed E-state index contributed by atoms with van der Waals surface area (Å²) >= 11 is 3.39. The molecule has 0 saturated heterocycles. The lowest BCUT2D eigenvalue weighted by Gasteiger charge is -2.07. The van der Waals surface area contributed by atoms with Gasteiger partial charge in [-0.25, -0.2) is 4.79 Å². The fourth-order valence-electron chi connectivity index (χ4n) is 2.35. The normalized spacial score (nSPS) is 15.2. The van der Waals surface area contributed by atoms with Crippen LogP contribution in [0.5, 0.6) is 11.5 Å². The molecule has 0 bridgehead atoms. The minimum Gasteiger partial charge on any atom is -0.497 e. The van der Waals surface area contributed by atoms with Gasteiger partial charge in [0.25, 0.3) is 0 Å². The van der Waals surface area contributed by atoms with E-state index in [1.165, 1.54) is 0 Å². The van der Waals surface area contributed by atoms with Gasteiger partial charge in [0, 0.05) is 21.7 Å². The highest BCUT2D eigenvalue weighted by molar-refractivity contribution is 9.10. The summed E-state index contributed by atoms with van der Waals surface area (Å²) < 4.78 is 16.9. The average molecular weight is 387 g/mol. The monoisotopic (exact) mass is 386 g/mol. The third-order valence-electron chi connectivity index (χ3n) is 3.61. The van der Waals surface area contributed by atoms with E-state index < -0.39 is 0 Å². The topological polar surface area (TPSA) is 44.8 Å². The number of hydrogen-bond acceptors (Lipinski definition) is 4. The van der Waals surface area contributed by atoms with Gasteiger partial charge in [-0.3, -0.25) is 0 Å². The van der Waals surface area contributed by atoms with E-state index in [1.807, 2.05) is 36.4 Å². The molecule has 4 nitrogen and oxygen atoms in total. The number of rotatable bonds is 4. The highest BCUT2D eigenvalue weighted by atomic mass is 79.9. The van der Waals surface area contributed by atoms with E-state index in [9.17, 15) is 4.79 Å². The number of benzene rings is 2. The fourth-order valence-corrected chi connectivity index (χ4v) is 2.61. The van der Waals surface area contributed by atoms with Crippen molar-refractivity contribution in [2.45, 2.75) is 0 Å². The molecular weight excluding hydrogens is 372 g/mol. The molecule has 2 aromatic carbocycles. The molecule has 0 atom stereocenters. The van der Waals surface area contributed by atoms with Crippen molar-refractivity contribution in [1.29, 1.82) is 0 Å². The summed E-state index contributed by atoms with van der Waals surface area (Å²) in [5.74, 6) is 1.46. The maximum atomic E-state index is 12.1. The van der Waals surface area contributed by atoms with E-state index in [-0.39, 0.29) is 5.97 Å². The molecule has 5 heteroatoms. The number of cyclic esters (lactones) is 1. The lowest BCUT2D eigenvalue weighted by molar-refractivity contribution is -0.130. The Balaban J connectivity index is 1.95. The molecular formula is C19H15BrO4. The lowest BCUT2D eigenvalue weighted by Crippen LogP contribution is -1.97. The standard InChI is InChI=1S/C19H15BrO4/c1-22-16-8-5-13(17(11-16)23-2)9-14-10-18(24-19(14)21)12-3-6-15(20)7-4-12/h3-11H,1-2H3/b14-9+. The number of halogens is 1. The molecule has 0 saturated carbocycles. The van der Waals surface area contributed by atoms with Crippen molar-refractivity contribution in [3.63, 3.8) is 0 Å². The van der Waals surface area contributed by atoms with Crippen LogP contribution in [0.2, 0.25) is 0 Å². The van der Waals surface area contributed by atoms with Gasteiger partial charge in [-0.1, -0.05) is 28.1 Å². The summed E-state index contributed by atoms with van der Waals surface area (Å²) in [6.07, 6.45) is 3.47. The summed E-state index contributed by atoms with van der Waals surface area (Å²) in [7, 11) is 3.17. The van der Waals surface area contributed by atoms with Gasteiger partial charge in [0.2, 0.25) is 0 Å². The number of hydrogen-bond donors (Lipinski definition) is 0. The molecule has 0 aliphatic carbocycles. The largest absolute Gasteiger partial charge is 0.497 e. The lowest BCUT2D eigenvalue weighted by atomic mass is 10.1. The van der Waals surface area contributed by atoms with Crippen LogP contribution < -0.4 is 9.47 Å². The zero-order valence-electron chi connectivity index (χ0n) is 13.2. The van der Waals surface area contributed by atoms with Crippen molar-refractivity contribution in [2.75, 3.05) is 14.2 Å². The second-order valence-electron chi connectivity index (χ2n) is 5.11. The fraction of sp³-hybridized carbons (Fsp3) is 0.105. The molecule has 2 aromatic rings. The Morgan fingerprint density at radius 3 is 2.46 bits per heavy atom. The third-order valence-corrected chi connectivity index (χ3v) is 4.13. The molecule has 1 heterocycles. The summed E-state index contributed by atoms with van der Waals surface area (Å²) in [5, 5.41) is 0. The van der Waals surface area contributed by atoms with Crippen LogP contribution in [0.1, 0.15) is 11.1 Å². The zero-order valence-corrected chi connectivity index (χ0v) is 14.8. The molecule has 0 radical (unpaired) electrons. The number of methoxy groups -OCH3 is 2. The predicted molar refractivity (Wildman–Crippen MR) is 95.7 cm³/mol. The van der Waals surface area contributed by atoms with Crippen molar-refractivity contribution >= 4 is 33.7 Å². The Morgan fingerprint density at radius 1 is 1.04 bits per heavy atom. The second kappa shape index (κ2) is 6.93. The molecule has 1 aliphatic rings. The van der Waals surface area contributed by atoms with Crippen LogP contribution in [0, 0.1) is 0 Å². The first kappa shape index (κ1) is 16.3. The van der Waals surface area contributed by atoms with Crippen LogP contribution in [0.4, 0.5) is 0 Å². The first-order valence-corrected chi connectivity index (χ1v) is 8.03. The molecule has 0 spiro atoms. The quantitative estimate of drug-likeness (QED) is 0.575. The average Bonchev–Trinajstić information content (AvgIpc) is 2.96. The molecule has 0 N–H and O–H groups in total. The van der Waals surface area contributed by atoms with Crippen molar-refractivity contribution in [1.82, 2.24) is 0 Å². The Morgan fingerprint density at radius 2 is 1.79 bits per heavy atom. The Kier molecular flexibility index (Phi) is 4.71. The minimum atomic E-state index is -0.384. The van der Waals surface area contributed by atoms with Gasteiger partial charge in [-0.05, 0) is 36.4 Å². The van der Waals surface area contributed by atoms with Crippen molar-refractivity contribution in [2.24, 2.45) is 0 Å². The SMILES string of the molecule is COc1ccc(/C=C2\C=C(c3ccc(Br)cc3)OC2=O)c(OC)c1. The van der Waals surface area contributed by atoms with Crippen LogP contribution >= 0.6 is 15.9 Å². The van der Waals surface area contributed by atoms with Crippen LogP contribution in [-0.2, 0) is 9.53 Å². The molecule has 0 amide bonds. The maximum absolute atomic E-state index is 12.1. The summed E-state index contributed by atoms with van der Waals surface area (Å²) in [4.78, 5) is 12.1. The molecule has 0 aromatic heterocycles. The zero-order chi connectivity index (χ0) is 17.1. The van der Waals surface area contributed by atoms with Crippen molar-refractivity contribution < 1.29 is 19.0 Å². The molecule has 1 aliphatic heterocycles. The number of carbonyl (C=O) groups excluding carboxylic acids is 1. The van der Waals surface area contributed by atoms with Gasteiger partial charge in [0.05, 0.1) is 19.8 Å². The highest BCUT2D eigenvalue weighted by Crippen LogP contribution is 2.31. The van der Waals surface area contributed by atoms with E-state index in [2.05, 4.69) is 15.9 Å². The van der Waals surface area contributed by atoms with E-state index in [0.717, 1.165) is 15.6 Å². The van der Waals surface area contributed by atoms with E-state index in [1.54, 1.807) is 32.4 Å². The van der Waals surface area contributed by atoms with Crippen LogP contribution in [0.3, 0.4) is 0 Å². The van der Waals surface area contributed by atoms with Gasteiger partial charge in [-0.2, -0.15) is 0 Å². The summed E-state index contributed by atoms with van der Waals surface area (Å²) in [6.45, 7) is 0. The Bertz CT molecular complexity index is 835. The van der Waals surface area contributed by atoms with Gasteiger partial charge < -0.3 is 14.2 Å². The van der Waals surface area contributed by atoms with Gasteiger partial charge in [0.1, 0.15) is 17.3 Å². The molecule has 0 unspecified atom stereocenters. The van der Waals surface area contributed by atoms with Crippen LogP contribution in [0.25, 0.3) is 11.8 Å². The smallest absolute Gasteiger partial charge is 0.343 e. The summed E-state index contributed by atoms with van der Waals surface area (Å²) in [5.41, 5.74) is 2.09. The summed E-state index contributed by atoms with van der Waals surface area (Å²) in [6, 6.07) is 13.0. The van der Waals surface area contributed by atoms with E-state index >= 15 is 0 Å². The first-order valence-electron chi connectivity index (χ1n) is 7.24. The third kappa shape index (κ3) is 3.36. The van der Waals surface area contributed by atoms with Crippen molar-refractivity contribution in [3.8, 4) is 11.5 Å². The molecule has 0 fully saturated rings. The second-order valence-corrected chi connectivity index (χ2v) is 6.03. The van der Waals surface area contributed by atoms with Gasteiger partial charge >= 0.3 is 5.97 Å². The molecule has 122 valence electrons. The number of ether oxygens (including phenoxy) is 3. The van der Waals surface area contributed by atoms with Crippen LogP contribution in [-0.4, -0.2) is 20.2 Å². The number of esters is 1. The van der Waals surface area contributed by atoms with Gasteiger partial charge in [0.15, 0.2) is 0 Å². The molecule has 24 heavy (non-hydrogen) atoms.